The van der Waals surface area contributed by atoms with Gasteiger partial charge < -0.3 is 19.6 Å². The molecule has 0 saturated heterocycles. The average Bonchev–Trinajstić information content (AvgIpc) is 3.44. The first-order valence-corrected chi connectivity index (χ1v) is 12.0. The number of fused-ring (bicyclic) bond motifs is 2. The number of aromatic nitrogens is 1. The van der Waals surface area contributed by atoms with Crippen LogP contribution in [0.3, 0.4) is 0 Å². The topological polar surface area (TPSA) is 142 Å². The van der Waals surface area contributed by atoms with Gasteiger partial charge in [0, 0.05) is 11.5 Å². The third kappa shape index (κ3) is 4.01. The van der Waals surface area contributed by atoms with Gasteiger partial charge in [0.25, 0.3) is 15.9 Å². The van der Waals surface area contributed by atoms with E-state index in [-0.39, 0.29) is 27.0 Å². The number of hydrogen-bond donors (Lipinski definition) is 3. The highest BCUT2D eigenvalue weighted by Gasteiger charge is 2.21. The molecule has 0 saturated carbocycles. The van der Waals surface area contributed by atoms with Gasteiger partial charge in [-0.1, -0.05) is 18.2 Å². The zero-order valence-corrected chi connectivity index (χ0v) is 18.4. The van der Waals surface area contributed by atoms with E-state index < -0.39 is 15.9 Å². The quantitative estimate of drug-likeness (QED) is 0.358. The van der Waals surface area contributed by atoms with E-state index in [1.54, 1.807) is 35.7 Å². The lowest BCUT2D eigenvalue weighted by atomic mass is 10.2. The molecule has 2 aromatic heterocycles. The first-order valence-electron chi connectivity index (χ1n) is 9.68. The van der Waals surface area contributed by atoms with E-state index >= 15 is 0 Å². The number of azo groups is 1. The molecule has 2 aromatic carbocycles. The molecule has 0 radical (unpaired) electrons. The molecule has 0 fully saturated rings. The Bertz CT molecular complexity index is 1490. The summed E-state index contributed by atoms with van der Waals surface area (Å²) < 4.78 is 38.7. The Balaban J connectivity index is 1.46. The van der Waals surface area contributed by atoms with Crippen molar-refractivity contribution in [2.45, 2.75) is 4.21 Å². The largest absolute Gasteiger partial charge is 0.493 e. The number of amides is 1. The highest BCUT2D eigenvalue weighted by molar-refractivity contribution is 7.94. The normalized spacial score (nSPS) is 13.5. The molecule has 0 bridgehead atoms. The van der Waals surface area contributed by atoms with Crippen LogP contribution in [0.25, 0.3) is 10.9 Å². The van der Waals surface area contributed by atoms with E-state index in [1.807, 2.05) is 0 Å². The summed E-state index contributed by atoms with van der Waals surface area (Å²) in [5, 5.41) is 20.1. The zero-order valence-electron chi connectivity index (χ0n) is 16.8. The smallest absolute Gasteiger partial charge is 0.297 e. The summed E-state index contributed by atoms with van der Waals surface area (Å²) in [5.41, 5.74) is 0.654. The maximum absolute atomic E-state index is 12.8. The number of carbonyl (C=O) groups is 1. The first-order chi connectivity index (χ1) is 15.9. The molecule has 0 atom stereocenters. The van der Waals surface area contributed by atoms with Crippen molar-refractivity contribution in [3.05, 3.63) is 59.5 Å². The van der Waals surface area contributed by atoms with Crippen LogP contribution in [0.4, 0.5) is 11.4 Å². The number of rotatable bonds is 5. The van der Waals surface area contributed by atoms with Gasteiger partial charge >= 0.3 is 0 Å². The molecular formula is C21H16N4O6S2. The van der Waals surface area contributed by atoms with Crippen LogP contribution in [0, 0.1) is 0 Å². The SMILES string of the molecule is O=C(N=Nc1c(O)[nH]c2cc3c(cc12)OCCO3)c1ccccc1NS(=O)(=O)c1cccs1. The van der Waals surface area contributed by atoms with Crippen LogP contribution in [-0.4, -0.2) is 37.6 Å². The van der Waals surface area contributed by atoms with Crippen LogP contribution in [0.15, 0.2) is 68.3 Å². The zero-order chi connectivity index (χ0) is 23.0. The molecule has 10 nitrogen and oxygen atoms in total. The van der Waals surface area contributed by atoms with Gasteiger partial charge in [-0.05, 0) is 29.6 Å². The number of sulfonamides is 1. The summed E-state index contributed by atoms with van der Waals surface area (Å²) in [7, 11) is -3.86. The highest BCUT2D eigenvalue weighted by Crippen LogP contribution is 2.42. The minimum Gasteiger partial charge on any atom is -0.493 e. The summed E-state index contributed by atoms with van der Waals surface area (Å²) in [6.07, 6.45) is 0. The fourth-order valence-corrected chi connectivity index (χ4v) is 5.40. The fourth-order valence-electron chi connectivity index (χ4n) is 3.32. The van der Waals surface area contributed by atoms with Crippen LogP contribution >= 0.6 is 11.3 Å². The monoisotopic (exact) mass is 484 g/mol. The number of H-pyrrole nitrogens is 1. The van der Waals surface area contributed by atoms with Crippen molar-refractivity contribution < 1.29 is 27.8 Å². The molecule has 1 amide bonds. The lowest BCUT2D eigenvalue weighted by Gasteiger charge is -2.18. The minimum atomic E-state index is -3.86. The molecule has 168 valence electrons. The Labute approximate surface area is 191 Å². The van der Waals surface area contributed by atoms with Crippen molar-refractivity contribution in [3.63, 3.8) is 0 Å². The molecule has 0 aliphatic carbocycles. The molecule has 3 N–H and O–H groups in total. The van der Waals surface area contributed by atoms with Crippen molar-refractivity contribution >= 4 is 49.5 Å². The van der Waals surface area contributed by atoms with Gasteiger partial charge in [0.2, 0.25) is 5.88 Å². The molecule has 4 aromatic rings. The number of thiophene rings is 1. The number of nitrogens with one attached hydrogen (secondary N) is 2. The van der Waals surface area contributed by atoms with Crippen molar-refractivity contribution in [1.29, 1.82) is 0 Å². The molecule has 33 heavy (non-hydrogen) atoms. The minimum absolute atomic E-state index is 0.00910. The number of para-hydroxylation sites is 1. The number of nitrogens with zero attached hydrogens (tertiary/aromatic N) is 2. The number of anilines is 1. The van der Waals surface area contributed by atoms with Crippen LogP contribution in [0.2, 0.25) is 0 Å². The van der Waals surface area contributed by atoms with E-state index in [0.717, 1.165) is 11.3 Å². The van der Waals surface area contributed by atoms with Crippen molar-refractivity contribution in [2.75, 3.05) is 17.9 Å². The number of aromatic amines is 1. The third-order valence-electron chi connectivity index (χ3n) is 4.82. The van der Waals surface area contributed by atoms with Crippen LogP contribution < -0.4 is 14.2 Å². The van der Waals surface area contributed by atoms with Crippen molar-refractivity contribution in [2.24, 2.45) is 10.2 Å². The van der Waals surface area contributed by atoms with Gasteiger partial charge in [-0.3, -0.25) is 9.52 Å². The standard InChI is InChI=1S/C21H16N4O6S2/c26-20(12-4-1-2-5-14(12)25-33(28,29)18-6-3-9-32-18)24-23-19-13-10-16-17(31-8-7-30-16)11-15(13)22-21(19)27/h1-6,9-11,22,25,27H,7-8H2. The molecule has 3 heterocycles. The molecule has 1 aliphatic rings. The fraction of sp³-hybridized carbons (Fsp3) is 0.0952. The van der Waals surface area contributed by atoms with Gasteiger partial charge in [0.1, 0.15) is 17.4 Å². The number of ether oxygens (including phenoxy) is 2. The van der Waals surface area contributed by atoms with Crippen LogP contribution in [-0.2, 0) is 10.0 Å². The maximum atomic E-state index is 12.8. The predicted molar refractivity (Wildman–Crippen MR) is 121 cm³/mol. The van der Waals surface area contributed by atoms with Gasteiger partial charge in [-0.2, -0.15) is 0 Å². The van der Waals surface area contributed by atoms with E-state index in [2.05, 4.69) is 19.9 Å². The van der Waals surface area contributed by atoms with E-state index in [4.69, 9.17) is 9.47 Å². The molecule has 5 rings (SSSR count). The maximum Gasteiger partial charge on any atom is 0.297 e. The molecular weight excluding hydrogens is 468 g/mol. The van der Waals surface area contributed by atoms with Gasteiger partial charge in [-0.15, -0.1) is 21.6 Å². The number of carbonyl (C=O) groups excluding carboxylic acids is 1. The lowest BCUT2D eigenvalue weighted by Crippen LogP contribution is -2.15. The summed E-state index contributed by atoms with van der Waals surface area (Å²) in [5.74, 6) is -0.0493. The van der Waals surface area contributed by atoms with Gasteiger partial charge in [-0.25, -0.2) is 8.42 Å². The Morgan fingerprint density at radius 2 is 1.85 bits per heavy atom. The second kappa shape index (κ2) is 8.22. The number of hydrogen-bond acceptors (Lipinski definition) is 8. The van der Waals surface area contributed by atoms with Crippen molar-refractivity contribution in [1.82, 2.24) is 4.98 Å². The first kappa shape index (κ1) is 21.0. The van der Waals surface area contributed by atoms with Gasteiger partial charge in [0.15, 0.2) is 17.2 Å². The Morgan fingerprint density at radius 1 is 1.09 bits per heavy atom. The van der Waals surface area contributed by atoms with Crippen LogP contribution in [0.1, 0.15) is 10.4 Å². The number of aromatic hydroxyl groups is 1. The number of benzene rings is 2. The van der Waals surface area contributed by atoms with E-state index in [9.17, 15) is 18.3 Å². The Hall–Kier alpha value is -3.90. The second-order valence-electron chi connectivity index (χ2n) is 6.95. The molecule has 0 spiro atoms. The lowest BCUT2D eigenvalue weighted by molar-refractivity contribution is 0.0996. The van der Waals surface area contributed by atoms with E-state index in [0.29, 0.717) is 35.6 Å². The third-order valence-corrected chi connectivity index (χ3v) is 7.58. The summed E-state index contributed by atoms with van der Waals surface area (Å²) in [6.45, 7) is 0.810. The van der Waals surface area contributed by atoms with Crippen LogP contribution in [0.5, 0.6) is 17.4 Å². The van der Waals surface area contributed by atoms with Gasteiger partial charge in [0.05, 0.1) is 16.8 Å². The van der Waals surface area contributed by atoms with E-state index in [1.165, 1.54) is 18.2 Å². The Morgan fingerprint density at radius 3 is 2.61 bits per heavy atom. The molecule has 1 aliphatic heterocycles. The highest BCUT2D eigenvalue weighted by atomic mass is 32.2. The summed E-state index contributed by atoms with van der Waals surface area (Å²) in [4.78, 5) is 15.5. The van der Waals surface area contributed by atoms with Crippen molar-refractivity contribution in [3.8, 4) is 17.4 Å². The second-order valence-corrected chi connectivity index (χ2v) is 9.81. The average molecular weight is 485 g/mol. The molecule has 0 unspecified atom stereocenters. The predicted octanol–water partition coefficient (Wildman–Crippen LogP) is 4.43. The summed E-state index contributed by atoms with van der Waals surface area (Å²) >= 11 is 1.06. The summed E-state index contributed by atoms with van der Waals surface area (Å²) in [6, 6.07) is 12.5. The molecule has 12 heteroatoms. The Kier molecular flexibility index (Phi) is 5.23.